The number of nitrogens with one attached hydrogen (secondary N) is 1. The maximum absolute atomic E-state index is 9.75. The second kappa shape index (κ2) is 9.94. The van der Waals surface area contributed by atoms with Gasteiger partial charge in [0.1, 0.15) is 23.7 Å². The van der Waals surface area contributed by atoms with E-state index in [0.717, 1.165) is 39.9 Å². The van der Waals surface area contributed by atoms with Crippen LogP contribution in [-0.2, 0) is 4.74 Å². The molecule has 0 atom stereocenters. The molecule has 0 aliphatic heterocycles. The van der Waals surface area contributed by atoms with E-state index in [1.54, 1.807) is 14.2 Å². The first-order chi connectivity index (χ1) is 13.3. The molecule has 0 aliphatic rings. The van der Waals surface area contributed by atoms with Crippen LogP contribution in [0.5, 0.6) is 5.75 Å². The zero-order valence-electron chi connectivity index (χ0n) is 15.4. The summed E-state index contributed by atoms with van der Waals surface area (Å²) in [6.07, 6.45) is 0. The van der Waals surface area contributed by atoms with Crippen molar-refractivity contribution in [2.75, 3.05) is 27.4 Å². The maximum atomic E-state index is 9.75. The summed E-state index contributed by atoms with van der Waals surface area (Å²) in [5.74, 6) is 1.64. The van der Waals surface area contributed by atoms with E-state index >= 15 is 0 Å². The lowest BCUT2D eigenvalue weighted by molar-refractivity contribution is -0.502. The Kier molecular flexibility index (Phi) is 7.63. The zero-order chi connectivity index (χ0) is 20.6. The molecule has 0 amide bonds. The molecule has 0 saturated carbocycles. The number of para-hydroxylation sites is 1. The highest BCUT2D eigenvalue weighted by molar-refractivity contribution is 6.50. The van der Waals surface area contributed by atoms with E-state index < -0.39 is 7.25 Å². The van der Waals surface area contributed by atoms with Crippen molar-refractivity contribution in [1.82, 2.24) is 0 Å². The summed E-state index contributed by atoms with van der Waals surface area (Å²) in [7, 11) is -2.64. The Labute approximate surface area is 159 Å². The first-order valence-corrected chi connectivity index (χ1v) is 8.42. The molecule has 0 spiro atoms. The summed E-state index contributed by atoms with van der Waals surface area (Å²) in [5.41, 5.74) is 1.85. The third kappa shape index (κ3) is 6.73. The van der Waals surface area contributed by atoms with Crippen molar-refractivity contribution in [2.24, 2.45) is 0 Å². The predicted octanol–water partition coefficient (Wildman–Crippen LogP) is 3.04. The van der Waals surface area contributed by atoms with Crippen LogP contribution < -0.4 is 15.1 Å². The van der Waals surface area contributed by atoms with Crippen LogP contribution in [0, 0.1) is 0 Å². The molecule has 150 valence electrons. The highest BCUT2D eigenvalue weighted by Crippen LogP contribution is 2.23. The normalized spacial score (nSPS) is 11.9. The van der Waals surface area contributed by atoms with Gasteiger partial charge in [-0.3, -0.25) is 0 Å². The van der Waals surface area contributed by atoms with Gasteiger partial charge in [0.2, 0.25) is 5.36 Å². The molecule has 9 heteroatoms. The van der Waals surface area contributed by atoms with Gasteiger partial charge in [-0.15, -0.1) is 0 Å². The van der Waals surface area contributed by atoms with Gasteiger partial charge in [-0.25, -0.2) is 4.99 Å². The molecule has 1 aromatic heterocycles. The van der Waals surface area contributed by atoms with E-state index in [0.29, 0.717) is 6.61 Å². The molecule has 0 saturated heterocycles. The minimum atomic E-state index is -6.00. The zero-order valence-corrected chi connectivity index (χ0v) is 15.4. The number of ether oxygens (including phenoxy) is 2. The van der Waals surface area contributed by atoms with Gasteiger partial charge in [-0.1, -0.05) is 12.1 Å². The van der Waals surface area contributed by atoms with Crippen LogP contribution in [0.2, 0.25) is 0 Å². The average Bonchev–Trinajstić information content (AvgIpc) is 2.67. The molecule has 0 fully saturated rings. The lowest BCUT2D eigenvalue weighted by Crippen LogP contribution is -2.77. The summed E-state index contributed by atoms with van der Waals surface area (Å²) < 4.78 is 55.4. The van der Waals surface area contributed by atoms with Crippen LogP contribution in [0.15, 0.2) is 59.0 Å². The second-order valence-electron chi connectivity index (χ2n) is 5.66. The number of fused-ring (bicyclic) bond motifs is 1. The molecule has 3 aromatic rings. The molecule has 0 aliphatic carbocycles. The SMILES string of the molecule is COCC[NH+]=c1cc(-c2ccc(OC)cc2)oc2ccccc12.F[B-](F)(F)F. The number of hydrogen-bond acceptors (Lipinski definition) is 3. The summed E-state index contributed by atoms with van der Waals surface area (Å²) in [6.45, 7) is 1.39. The Morgan fingerprint density at radius 1 is 0.964 bits per heavy atom. The van der Waals surface area contributed by atoms with Crippen LogP contribution in [0.4, 0.5) is 17.3 Å². The van der Waals surface area contributed by atoms with Gasteiger partial charge in [-0.05, 0) is 36.4 Å². The van der Waals surface area contributed by atoms with Crippen molar-refractivity contribution in [1.29, 1.82) is 0 Å². The Hall–Kier alpha value is -2.81. The Bertz CT molecular complexity index is 950. The van der Waals surface area contributed by atoms with Gasteiger partial charge in [0.25, 0.3) is 0 Å². The smallest absolute Gasteiger partial charge is 0.497 e. The van der Waals surface area contributed by atoms with E-state index in [-0.39, 0.29) is 0 Å². The monoisotopic (exact) mass is 397 g/mol. The molecule has 1 N–H and O–H groups in total. The molecule has 0 radical (unpaired) electrons. The van der Waals surface area contributed by atoms with Crippen molar-refractivity contribution >= 4 is 18.2 Å². The summed E-state index contributed by atoms with van der Waals surface area (Å²) in [6, 6.07) is 17.9. The summed E-state index contributed by atoms with van der Waals surface area (Å²) >= 11 is 0. The molecule has 28 heavy (non-hydrogen) atoms. The van der Waals surface area contributed by atoms with Crippen molar-refractivity contribution < 1.29 is 36.1 Å². The molecule has 0 unspecified atom stereocenters. The fourth-order valence-electron chi connectivity index (χ4n) is 2.47. The second-order valence-corrected chi connectivity index (χ2v) is 5.66. The van der Waals surface area contributed by atoms with Crippen LogP contribution >= 0.6 is 0 Å². The van der Waals surface area contributed by atoms with E-state index in [4.69, 9.17) is 13.9 Å². The predicted molar refractivity (Wildman–Crippen MR) is 99.2 cm³/mol. The van der Waals surface area contributed by atoms with Crippen LogP contribution in [0.1, 0.15) is 0 Å². The molecule has 1 heterocycles. The lowest BCUT2D eigenvalue weighted by atomic mass is 10.1. The van der Waals surface area contributed by atoms with Crippen LogP contribution in [-0.4, -0.2) is 34.6 Å². The van der Waals surface area contributed by atoms with Gasteiger partial charge in [0.15, 0.2) is 6.54 Å². The summed E-state index contributed by atoms with van der Waals surface area (Å²) in [5, 5.41) is 2.09. The highest BCUT2D eigenvalue weighted by Gasteiger charge is 2.20. The van der Waals surface area contributed by atoms with Gasteiger partial charge >= 0.3 is 7.25 Å². The van der Waals surface area contributed by atoms with Crippen LogP contribution in [0.3, 0.4) is 0 Å². The fraction of sp³-hybridized carbons (Fsp3) is 0.211. The van der Waals surface area contributed by atoms with Gasteiger partial charge < -0.3 is 31.2 Å². The number of rotatable bonds is 5. The number of hydrogen-bond donors (Lipinski definition) is 1. The first-order valence-electron chi connectivity index (χ1n) is 8.42. The lowest BCUT2D eigenvalue weighted by Gasteiger charge is -2.04. The molecule has 3 rings (SSSR count). The fourth-order valence-corrected chi connectivity index (χ4v) is 2.47. The molecule has 4 nitrogen and oxygen atoms in total. The first kappa shape index (κ1) is 21.5. The van der Waals surface area contributed by atoms with Gasteiger partial charge in [0.05, 0.1) is 18.6 Å². The average molecular weight is 397 g/mol. The van der Waals surface area contributed by atoms with E-state index in [1.165, 1.54) is 0 Å². The van der Waals surface area contributed by atoms with Gasteiger partial charge in [-0.2, -0.15) is 0 Å². The molecule has 0 bridgehead atoms. The Morgan fingerprint density at radius 2 is 1.61 bits per heavy atom. The Morgan fingerprint density at radius 3 is 2.21 bits per heavy atom. The third-order valence-electron chi connectivity index (χ3n) is 3.67. The standard InChI is InChI=1S/C19H19NO3.BF4/c1-21-12-11-20-17-13-19(14-7-9-15(22-2)10-8-14)23-18-6-4-3-5-16(17)18;2-1(3,4)5/h3-10,13H,11-12H2,1-2H3;/q;-1/p+1. The van der Waals surface area contributed by atoms with E-state index in [1.807, 2.05) is 54.6 Å². The van der Waals surface area contributed by atoms with Crippen LogP contribution in [0.25, 0.3) is 22.3 Å². The van der Waals surface area contributed by atoms with Crippen molar-refractivity contribution in [3.05, 3.63) is 60.0 Å². The number of benzene rings is 2. The van der Waals surface area contributed by atoms with Gasteiger partial charge in [0, 0.05) is 12.7 Å². The quantitative estimate of drug-likeness (QED) is 0.409. The molecular weight excluding hydrogens is 377 g/mol. The van der Waals surface area contributed by atoms with Crippen molar-refractivity contribution in [2.45, 2.75) is 0 Å². The minimum absolute atomic E-state index is 0.651. The third-order valence-corrected chi connectivity index (χ3v) is 3.67. The van der Waals surface area contributed by atoms with Crippen molar-refractivity contribution in [3.63, 3.8) is 0 Å². The number of methoxy groups -OCH3 is 2. The largest absolute Gasteiger partial charge is 0.673 e. The topological polar surface area (TPSA) is 45.6 Å². The molecular formula is C19H20BF4NO3. The van der Waals surface area contributed by atoms with E-state index in [9.17, 15) is 17.3 Å². The summed E-state index contributed by atoms with van der Waals surface area (Å²) in [4.78, 5) is 3.41. The van der Waals surface area contributed by atoms with Crippen molar-refractivity contribution in [3.8, 4) is 17.1 Å². The highest BCUT2D eigenvalue weighted by atomic mass is 19.5. The Balaban J connectivity index is 0.000000500. The maximum Gasteiger partial charge on any atom is 0.673 e. The molecule has 2 aromatic carbocycles. The number of halogens is 4. The van der Waals surface area contributed by atoms with E-state index in [2.05, 4.69) is 4.99 Å². The minimum Gasteiger partial charge on any atom is -0.497 e.